The van der Waals surface area contributed by atoms with Gasteiger partial charge in [-0.25, -0.2) is 0 Å². The van der Waals surface area contributed by atoms with Crippen LogP contribution in [0.25, 0.3) is 0 Å². The predicted octanol–water partition coefficient (Wildman–Crippen LogP) is 3.86. The number of piperidine rings is 1. The molecule has 1 amide bonds. The van der Waals surface area contributed by atoms with Gasteiger partial charge in [-0.2, -0.15) is 0 Å². The molecule has 0 bridgehead atoms. The van der Waals surface area contributed by atoms with Gasteiger partial charge in [-0.15, -0.1) is 0 Å². The fourth-order valence-corrected chi connectivity index (χ4v) is 2.89. The van der Waals surface area contributed by atoms with Crippen molar-refractivity contribution in [2.45, 2.75) is 33.6 Å². The van der Waals surface area contributed by atoms with Gasteiger partial charge in [-0.3, -0.25) is 4.79 Å². The van der Waals surface area contributed by atoms with Crippen molar-refractivity contribution in [2.24, 2.45) is 5.41 Å². The number of halogens is 1. The minimum atomic E-state index is 0.193. The van der Waals surface area contributed by atoms with Crippen LogP contribution in [0.1, 0.15) is 42.6 Å². The number of likely N-dealkylation sites (tertiary alicyclic amines) is 1. The van der Waals surface area contributed by atoms with Gasteiger partial charge in [0.2, 0.25) is 0 Å². The molecule has 0 radical (unpaired) electrons. The highest BCUT2D eigenvalue weighted by Gasteiger charge is 2.28. The Balaban J connectivity index is 2.15. The molecule has 0 unspecified atom stereocenters. The van der Waals surface area contributed by atoms with Crippen LogP contribution in [0.15, 0.2) is 18.2 Å². The van der Waals surface area contributed by atoms with Crippen molar-refractivity contribution in [3.8, 4) is 0 Å². The van der Waals surface area contributed by atoms with Gasteiger partial charge in [0, 0.05) is 16.7 Å². The van der Waals surface area contributed by atoms with E-state index in [9.17, 15) is 4.79 Å². The first kappa shape index (κ1) is 13.8. The van der Waals surface area contributed by atoms with Crippen LogP contribution in [-0.4, -0.2) is 23.9 Å². The second-order valence-electron chi connectivity index (χ2n) is 5.89. The average molecular weight is 357 g/mol. The van der Waals surface area contributed by atoms with Crippen molar-refractivity contribution in [3.63, 3.8) is 0 Å². The number of carbonyl (C=O) groups excluding carboxylic acids is 1. The van der Waals surface area contributed by atoms with Crippen molar-refractivity contribution in [2.75, 3.05) is 13.1 Å². The third-order valence-electron chi connectivity index (χ3n) is 3.83. The summed E-state index contributed by atoms with van der Waals surface area (Å²) in [5.74, 6) is 0.193. The highest BCUT2D eigenvalue weighted by Crippen LogP contribution is 2.30. The van der Waals surface area contributed by atoms with Crippen molar-refractivity contribution < 1.29 is 4.79 Å². The number of amides is 1. The Morgan fingerprint density at radius 3 is 2.50 bits per heavy atom. The Morgan fingerprint density at radius 1 is 1.28 bits per heavy atom. The summed E-state index contributed by atoms with van der Waals surface area (Å²) in [6, 6.07) is 5.97. The monoisotopic (exact) mass is 357 g/mol. The standard InChI is InChI=1S/C15H20INO/c1-11-5-4-6-12(13(11)16)14(18)17-9-7-15(2,3)8-10-17/h4-6H,7-10H2,1-3H3. The lowest BCUT2D eigenvalue weighted by atomic mass is 9.82. The lowest BCUT2D eigenvalue weighted by Gasteiger charge is -2.37. The topological polar surface area (TPSA) is 20.3 Å². The van der Waals surface area contributed by atoms with Crippen LogP contribution in [-0.2, 0) is 0 Å². The number of rotatable bonds is 1. The molecule has 0 aromatic heterocycles. The van der Waals surface area contributed by atoms with Crippen LogP contribution >= 0.6 is 22.6 Å². The number of nitrogens with zero attached hydrogens (tertiary/aromatic N) is 1. The molecule has 0 spiro atoms. The fraction of sp³-hybridized carbons (Fsp3) is 0.533. The predicted molar refractivity (Wildman–Crippen MR) is 82.8 cm³/mol. The second kappa shape index (κ2) is 5.19. The van der Waals surface area contributed by atoms with Gasteiger partial charge in [-0.05, 0) is 59.4 Å². The molecule has 2 nitrogen and oxygen atoms in total. The summed E-state index contributed by atoms with van der Waals surface area (Å²) in [6.07, 6.45) is 2.20. The maximum Gasteiger partial charge on any atom is 0.254 e. The summed E-state index contributed by atoms with van der Waals surface area (Å²) in [5, 5.41) is 0. The largest absolute Gasteiger partial charge is 0.339 e. The zero-order valence-electron chi connectivity index (χ0n) is 11.3. The lowest BCUT2D eigenvalue weighted by molar-refractivity contribution is 0.0629. The first-order chi connectivity index (χ1) is 8.41. The molecule has 98 valence electrons. The van der Waals surface area contributed by atoms with Crippen LogP contribution in [0.5, 0.6) is 0 Å². The van der Waals surface area contributed by atoms with Gasteiger partial charge in [-0.1, -0.05) is 26.0 Å². The first-order valence-corrected chi connectivity index (χ1v) is 7.53. The maximum atomic E-state index is 12.5. The number of carbonyl (C=O) groups is 1. The van der Waals surface area contributed by atoms with Crippen molar-refractivity contribution in [1.82, 2.24) is 4.90 Å². The molecule has 0 saturated carbocycles. The molecule has 1 aromatic rings. The third kappa shape index (κ3) is 2.87. The minimum absolute atomic E-state index is 0.193. The molecule has 1 heterocycles. The van der Waals surface area contributed by atoms with E-state index in [0.717, 1.165) is 35.1 Å². The molecule has 2 rings (SSSR count). The molecule has 1 aromatic carbocycles. The molecule has 3 heteroatoms. The Bertz CT molecular complexity index is 458. The van der Waals surface area contributed by atoms with Crippen LogP contribution in [0.2, 0.25) is 0 Å². The molecule has 18 heavy (non-hydrogen) atoms. The van der Waals surface area contributed by atoms with Crippen LogP contribution in [0.4, 0.5) is 0 Å². The average Bonchev–Trinajstić information content (AvgIpc) is 2.32. The molecular weight excluding hydrogens is 337 g/mol. The van der Waals surface area contributed by atoms with E-state index in [4.69, 9.17) is 0 Å². The fourth-order valence-electron chi connectivity index (χ4n) is 2.30. The molecule has 1 fully saturated rings. The molecule has 1 aliphatic rings. The minimum Gasteiger partial charge on any atom is -0.339 e. The molecule has 1 aliphatic heterocycles. The summed E-state index contributed by atoms with van der Waals surface area (Å²) < 4.78 is 1.09. The quantitative estimate of drug-likeness (QED) is 0.699. The van der Waals surface area contributed by atoms with Crippen LogP contribution < -0.4 is 0 Å². The Labute approximate surface area is 123 Å². The number of hydrogen-bond donors (Lipinski definition) is 0. The molecule has 0 N–H and O–H groups in total. The van der Waals surface area contributed by atoms with E-state index in [1.165, 1.54) is 5.56 Å². The van der Waals surface area contributed by atoms with Crippen molar-refractivity contribution in [1.29, 1.82) is 0 Å². The van der Waals surface area contributed by atoms with Gasteiger partial charge in [0.05, 0.1) is 5.56 Å². The van der Waals surface area contributed by atoms with Crippen LogP contribution in [0.3, 0.4) is 0 Å². The normalized spacial score (nSPS) is 18.8. The van der Waals surface area contributed by atoms with Gasteiger partial charge in [0.15, 0.2) is 0 Å². The van der Waals surface area contributed by atoms with E-state index < -0.39 is 0 Å². The Kier molecular flexibility index (Phi) is 3.99. The summed E-state index contributed by atoms with van der Waals surface area (Å²) in [7, 11) is 0. The van der Waals surface area contributed by atoms with E-state index in [2.05, 4.69) is 49.4 Å². The van der Waals surface area contributed by atoms with Gasteiger partial charge in [0.25, 0.3) is 5.91 Å². The van der Waals surface area contributed by atoms with Crippen molar-refractivity contribution >= 4 is 28.5 Å². The van der Waals surface area contributed by atoms with Gasteiger partial charge in [0.1, 0.15) is 0 Å². The van der Waals surface area contributed by atoms with E-state index in [1.807, 2.05) is 17.0 Å². The molecular formula is C15H20INO. The highest BCUT2D eigenvalue weighted by atomic mass is 127. The zero-order valence-corrected chi connectivity index (χ0v) is 13.5. The second-order valence-corrected chi connectivity index (χ2v) is 6.97. The number of benzene rings is 1. The maximum absolute atomic E-state index is 12.5. The first-order valence-electron chi connectivity index (χ1n) is 6.45. The number of hydrogen-bond acceptors (Lipinski definition) is 1. The van der Waals surface area contributed by atoms with E-state index in [0.29, 0.717) is 5.41 Å². The van der Waals surface area contributed by atoms with E-state index in [-0.39, 0.29) is 5.91 Å². The highest BCUT2D eigenvalue weighted by molar-refractivity contribution is 14.1. The van der Waals surface area contributed by atoms with Crippen molar-refractivity contribution in [3.05, 3.63) is 32.9 Å². The Hall–Kier alpha value is -0.580. The molecule has 1 saturated heterocycles. The number of aryl methyl sites for hydroxylation is 1. The summed E-state index contributed by atoms with van der Waals surface area (Å²) >= 11 is 2.28. The van der Waals surface area contributed by atoms with Crippen LogP contribution in [0, 0.1) is 15.9 Å². The zero-order chi connectivity index (χ0) is 13.3. The van der Waals surface area contributed by atoms with E-state index >= 15 is 0 Å². The van der Waals surface area contributed by atoms with Gasteiger partial charge < -0.3 is 4.90 Å². The SMILES string of the molecule is Cc1cccc(C(=O)N2CCC(C)(C)CC2)c1I. The smallest absolute Gasteiger partial charge is 0.254 e. The third-order valence-corrected chi connectivity index (χ3v) is 5.26. The summed E-state index contributed by atoms with van der Waals surface area (Å²) in [4.78, 5) is 14.5. The Morgan fingerprint density at radius 2 is 1.89 bits per heavy atom. The molecule has 0 atom stereocenters. The summed E-state index contributed by atoms with van der Waals surface area (Å²) in [5.41, 5.74) is 2.42. The lowest BCUT2D eigenvalue weighted by Crippen LogP contribution is -2.41. The van der Waals surface area contributed by atoms with E-state index in [1.54, 1.807) is 0 Å². The molecule has 0 aliphatic carbocycles. The van der Waals surface area contributed by atoms with Gasteiger partial charge >= 0.3 is 0 Å². The summed E-state index contributed by atoms with van der Waals surface area (Å²) in [6.45, 7) is 8.39.